The predicted molar refractivity (Wildman–Crippen MR) is 121 cm³/mol. The zero-order chi connectivity index (χ0) is 20.5. The van der Waals surface area contributed by atoms with Crippen LogP contribution in [0.4, 0.5) is 0 Å². The molecule has 0 amide bonds. The Bertz CT molecular complexity index is 682. The predicted octanol–water partition coefficient (Wildman–Crippen LogP) is 7.00. The fraction of sp³-hybridized carbons (Fsp3) is 0. The summed E-state index contributed by atoms with van der Waals surface area (Å²) in [6, 6.07) is 38.3. The molecule has 148 valence electrons. The topological polar surface area (TPSA) is 20.2 Å². The molecule has 29 heavy (non-hydrogen) atoms. The number of phenolic OH excluding ortho intramolecular Hbond substituents is 1. The number of hydrogen-bond acceptors (Lipinski definition) is 1. The van der Waals surface area contributed by atoms with Gasteiger partial charge in [0.25, 0.3) is 0 Å². The van der Waals surface area contributed by atoms with Gasteiger partial charge in [0, 0.05) is 25.8 Å². The summed E-state index contributed by atoms with van der Waals surface area (Å²) in [6.07, 6.45) is 0. The molecule has 0 bridgehead atoms. The van der Waals surface area contributed by atoms with Crippen molar-refractivity contribution in [3.8, 4) is 5.75 Å². The SMILES string of the molecule is Oc1ccccc1.[CH2-]c1ccccc1.[CH2-]c1ccccc1.[CH2-]c1ccccc1.[Hf]. The number of para-hydroxylation sites is 1. The number of hydrogen-bond donors (Lipinski definition) is 1. The van der Waals surface area contributed by atoms with Gasteiger partial charge in [-0.2, -0.15) is 73.9 Å². The summed E-state index contributed by atoms with van der Waals surface area (Å²) in [7, 11) is 0. The van der Waals surface area contributed by atoms with Crippen LogP contribution in [0.3, 0.4) is 0 Å². The van der Waals surface area contributed by atoms with Gasteiger partial charge in [0.1, 0.15) is 5.75 Å². The number of rotatable bonds is 0. The van der Waals surface area contributed by atoms with Crippen LogP contribution in [-0.2, 0) is 25.8 Å². The third-order valence-corrected chi connectivity index (χ3v) is 3.28. The third-order valence-electron chi connectivity index (χ3n) is 3.28. The minimum absolute atomic E-state index is 0. The van der Waals surface area contributed by atoms with Crippen LogP contribution in [0.15, 0.2) is 121 Å². The molecule has 0 spiro atoms. The van der Waals surface area contributed by atoms with E-state index in [1.165, 1.54) is 0 Å². The molecule has 0 heterocycles. The molecule has 0 aliphatic heterocycles. The average molecular weight is 546 g/mol. The molecule has 0 saturated carbocycles. The summed E-state index contributed by atoms with van der Waals surface area (Å²) in [5.74, 6) is 0.322. The van der Waals surface area contributed by atoms with Crippen molar-refractivity contribution in [2.24, 2.45) is 0 Å². The average Bonchev–Trinajstić information content (AvgIpc) is 2.72. The second kappa shape index (κ2) is 17.3. The molecule has 0 unspecified atom stereocenters. The van der Waals surface area contributed by atoms with Gasteiger partial charge in [-0.05, 0) is 12.1 Å². The molecule has 0 saturated heterocycles. The number of phenols is 1. The van der Waals surface area contributed by atoms with Crippen LogP contribution in [0.25, 0.3) is 0 Å². The number of aromatic hydroxyl groups is 1. The quantitative estimate of drug-likeness (QED) is 0.186. The molecule has 0 fully saturated rings. The molecular weight excluding hydrogens is 519 g/mol. The van der Waals surface area contributed by atoms with E-state index in [1.807, 2.05) is 97.1 Å². The van der Waals surface area contributed by atoms with Crippen LogP contribution in [-0.4, -0.2) is 5.11 Å². The van der Waals surface area contributed by atoms with E-state index >= 15 is 0 Å². The molecule has 0 radical (unpaired) electrons. The van der Waals surface area contributed by atoms with Gasteiger partial charge in [-0.15, -0.1) is 36.4 Å². The van der Waals surface area contributed by atoms with Crippen LogP contribution >= 0.6 is 0 Å². The standard InChI is InChI=1S/3C7H7.C6H6O.Hf/c3*1-7-5-3-2-4-6-7;7-6-4-2-1-3-5-6;/h3*2-6H,1H2;1-5,7H;/q3*-1;;. The fourth-order valence-electron chi connectivity index (χ4n) is 1.86. The van der Waals surface area contributed by atoms with Crippen molar-refractivity contribution >= 4 is 0 Å². The zero-order valence-corrected chi connectivity index (χ0v) is 20.2. The van der Waals surface area contributed by atoms with Crippen molar-refractivity contribution in [2.45, 2.75) is 0 Å². The largest absolute Gasteiger partial charge is 0.508 e. The van der Waals surface area contributed by atoms with Crippen molar-refractivity contribution in [1.82, 2.24) is 0 Å². The smallest absolute Gasteiger partial charge is 0.115 e. The monoisotopic (exact) mass is 547 g/mol. The Hall–Kier alpha value is -2.84. The van der Waals surface area contributed by atoms with E-state index in [9.17, 15) is 0 Å². The van der Waals surface area contributed by atoms with E-state index in [1.54, 1.807) is 24.3 Å². The maximum atomic E-state index is 8.63. The molecule has 0 atom stereocenters. The van der Waals surface area contributed by atoms with Crippen molar-refractivity contribution in [2.75, 3.05) is 0 Å². The van der Waals surface area contributed by atoms with Gasteiger partial charge in [-0.25, -0.2) is 0 Å². The maximum absolute atomic E-state index is 8.63. The Morgan fingerprint density at radius 3 is 0.690 bits per heavy atom. The summed E-state index contributed by atoms with van der Waals surface area (Å²) < 4.78 is 0. The molecule has 0 aliphatic rings. The van der Waals surface area contributed by atoms with Crippen molar-refractivity contribution in [1.29, 1.82) is 0 Å². The van der Waals surface area contributed by atoms with Crippen LogP contribution in [0.2, 0.25) is 0 Å². The molecule has 4 aromatic rings. The van der Waals surface area contributed by atoms with Crippen molar-refractivity contribution in [3.05, 3.63) is 159 Å². The van der Waals surface area contributed by atoms with Gasteiger partial charge in [0.2, 0.25) is 0 Å². The Morgan fingerprint density at radius 2 is 0.586 bits per heavy atom. The summed E-state index contributed by atoms with van der Waals surface area (Å²) in [5.41, 5.74) is 3.22. The second-order valence-corrected chi connectivity index (χ2v) is 5.79. The third kappa shape index (κ3) is 15.9. The molecule has 4 rings (SSSR count). The molecule has 2 heteroatoms. The normalized spacial score (nSPS) is 8.28. The second-order valence-electron chi connectivity index (χ2n) is 5.79. The Morgan fingerprint density at radius 1 is 0.379 bits per heavy atom. The van der Waals surface area contributed by atoms with E-state index in [0.29, 0.717) is 5.75 Å². The summed E-state index contributed by atoms with van der Waals surface area (Å²) in [6.45, 7) is 11.2. The van der Waals surface area contributed by atoms with Gasteiger partial charge < -0.3 is 5.11 Å². The van der Waals surface area contributed by atoms with Gasteiger partial charge in [0.05, 0.1) is 0 Å². The van der Waals surface area contributed by atoms with Gasteiger partial charge >= 0.3 is 0 Å². The van der Waals surface area contributed by atoms with E-state index in [0.717, 1.165) is 16.7 Å². The Labute approximate surface area is 194 Å². The summed E-state index contributed by atoms with van der Waals surface area (Å²) in [4.78, 5) is 0. The van der Waals surface area contributed by atoms with Gasteiger partial charge in [0.15, 0.2) is 0 Å². The van der Waals surface area contributed by atoms with Crippen LogP contribution < -0.4 is 0 Å². The molecular formula is C27H27HfO-3. The van der Waals surface area contributed by atoms with Crippen molar-refractivity contribution < 1.29 is 30.9 Å². The maximum Gasteiger partial charge on any atom is 0.115 e. The zero-order valence-electron chi connectivity index (χ0n) is 16.6. The first-order chi connectivity index (χ1) is 13.6. The molecule has 4 aromatic carbocycles. The molecule has 0 aliphatic carbocycles. The molecule has 0 aromatic heterocycles. The first-order valence-electron chi connectivity index (χ1n) is 8.93. The minimum atomic E-state index is 0. The van der Waals surface area contributed by atoms with Crippen LogP contribution in [0, 0.1) is 20.8 Å². The van der Waals surface area contributed by atoms with E-state index < -0.39 is 0 Å². The Kier molecular flexibility index (Phi) is 15.6. The minimum Gasteiger partial charge on any atom is -0.508 e. The van der Waals surface area contributed by atoms with E-state index in [2.05, 4.69) is 20.8 Å². The first kappa shape index (κ1) is 26.2. The van der Waals surface area contributed by atoms with E-state index in [4.69, 9.17) is 5.11 Å². The van der Waals surface area contributed by atoms with Gasteiger partial charge in [-0.1, -0.05) is 36.4 Å². The van der Waals surface area contributed by atoms with Crippen LogP contribution in [0.5, 0.6) is 5.75 Å². The first-order valence-corrected chi connectivity index (χ1v) is 8.93. The summed E-state index contributed by atoms with van der Waals surface area (Å²) in [5, 5.41) is 8.63. The molecule has 1 nitrogen and oxygen atoms in total. The fourth-order valence-corrected chi connectivity index (χ4v) is 1.86. The number of benzene rings is 4. The Balaban J connectivity index is 0.000000356. The van der Waals surface area contributed by atoms with E-state index in [-0.39, 0.29) is 25.8 Å². The van der Waals surface area contributed by atoms with Crippen LogP contribution in [0.1, 0.15) is 16.7 Å². The summed E-state index contributed by atoms with van der Waals surface area (Å²) >= 11 is 0. The van der Waals surface area contributed by atoms with Gasteiger partial charge in [-0.3, -0.25) is 0 Å². The van der Waals surface area contributed by atoms with Crippen molar-refractivity contribution in [3.63, 3.8) is 0 Å². The molecule has 1 N–H and O–H groups in total.